The summed E-state index contributed by atoms with van der Waals surface area (Å²) in [6.45, 7) is 19.8. The van der Waals surface area contributed by atoms with Crippen molar-refractivity contribution >= 4 is 16.7 Å². The van der Waals surface area contributed by atoms with Gasteiger partial charge in [0.2, 0.25) is 0 Å². The second kappa shape index (κ2) is 21.5. The van der Waals surface area contributed by atoms with Gasteiger partial charge in [0.25, 0.3) is 0 Å². The molecule has 4 aliphatic rings. The minimum absolute atomic E-state index is 0.132. The highest BCUT2D eigenvalue weighted by atomic mass is 14.5. The molecule has 0 heterocycles. The van der Waals surface area contributed by atoms with E-state index in [0.717, 1.165) is 103 Å². The van der Waals surface area contributed by atoms with E-state index in [4.69, 9.17) is 0 Å². The first-order chi connectivity index (χ1) is 36.3. The predicted molar refractivity (Wildman–Crippen MR) is 317 cm³/mol. The molecule has 1 fully saturated rings. The first-order valence-electron chi connectivity index (χ1n) is 26.5. The average Bonchev–Trinajstić information content (AvgIpc) is 4.08. The highest BCUT2D eigenvalue weighted by molar-refractivity contribution is 6.11. The van der Waals surface area contributed by atoms with Crippen LogP contribution in [-0.2, 0) is 0 Å². The molecule has 0 amide bonds. The first kappa shape index (κ1) is 50.0. The molecule has 0 bridgehead atoms. The van der Waals surface area contributed by atoms with Crippen molar-refractivity contribution in [1.29, 1.82) is 0 Å². The van der Waals surface area contributed by atoms with Crippen LogP contribution in [0.3, 0.4) is 0 Å². The molecule has 3 atom stereocenters. The molecule has 0 heteroatoms. The Morgan fingerprint density at radius 1 is 0.400 bits per heavy atom. The van der Waals surface area contributed by atoms with Gasteiger partial charge in [-0.3, -0.25) is 0 Å². The summed E-state index contributed by atoms with van der Waals surface area (Å²) in [5.41, 5.74) is 24.1. The standard InChI is InChI=1S/C75H64/c1-50-12-25-58(26-13-50)31-42-67-71(62-35-18-53(4)19-36-62)68(43-32-59-27-14-51(2)15-28-59)73(64-39-22-55(6)23-40-64)70(45-34-61-11-10-46-75(9)49-65(75)48-61)74(66-41-24-56(7)47-57(66)8)69(44-33-60-29-16-52(3)17-30-60)72(67)63-37-20-54(5)21-38-63/h10,12-30,35-41,46,48,57,65H,11,47,49H2,1-9H3/b71-67-,71-68?,72-67?,72-69-,73-68-,73-70?,74-69?,74-70-. The van der Waals surface area contributed by atoms with Crippen molar-refractivity contribution in [2.24, 2.45) is 17.3 Å². The Labute approximate surface area is 447 Å². The van der Waals surface area contributed by atoms with E-state index in [1.54, 1.807) is 0 Å². The van der Waals surface area contributed by atoms with E-state index in [1.807, 2.05) is 0 Å². The van der Waals surface area contributed by atoms with Gasteiger partial charge in [-0.05, 0) is 144 Å². The molecule has 0 spiro atoms. The fourth-order valence-electron chi connectivity index (χ4n) is 10.4. The van der Waals surface area contributed by atoms with Gasteiger partial charge in [-0.2, -0.15) is 0 Å². The molecule has 1 saturated carbocycles. The summed E-state index contributed by atoms with van der Waals surface area (Å²) in [6, 6.07) is 52.4. The maximum absolute atomic E-state index is 4.07. The van der Waals surface area contributed by atoms with Crippen LogP contribution in [0.2, 0.25) is 0 Å². The zero-order valence-corrected chi connectivity index (χ0v) is 45.0. The molecule has 0 aromatic heterocycles. The Hall–Kier alpha value is -8.52. The van der Waals surface area contributed by atoms with Gasteiger partial charge in [0.05, 0.1) is 0 Å². The van der Waals surface area contributed by atoms with Crippen molar-refractivity contribution < 1.29 is 0 Å². The minimum atomic E-state index is 0.132. The highest BCUT2D eigenvalue weighted by Crippen LogP contribution is 2.56. The quantitative estimate of drug-likeness (QED) is 0.122. The molecule has 0 saturated heterocycles. The van der Waals surface area contributed by atoms with Gasteiger partial charge in [0.15, 0.2) is 0 Å². The number of hydrogen-bond donors (Lipinski definition) is 0. The van der Waals surface area contributed by atoms with Gasteiger partial charge in [-0.15, -0.1) is 0 Å². The lowest BCUT2D eigenvalue weighted by atomic mass is 9.71. The first-order valence-corrected chi connectivity index (χ1v) is 26.5. The molecular formula is C75H64. The van der Waals surface area contributed by atoms with Crippen molar-refractivity contribution in [3.05, 3.63) is 287 Å². The van der Waals surface area contributed by atoms with Crippen molar-refractivity contribution in [3.63, 3.8) is 0 Å². The summed E-state index contributed by atoms with van der Waals surface area (Å²) in [4.78, 5) is 0. The molecule has 3 unspecified atom stereocenters. The largest absolute Gasteiger partial charge is 0.0829 e. The van der Waals surface area contributed by atoms with E-state index >= 15 is 0 Å². The van der Waals surface area contributed by atoms with Gasteiger partial charge in [0.1, 0.15) is 0 Å². The third-order valence-corrected chi connectivity index (χ3v) is 15.1. The summed E-state index contributed by atoms with van der Waals surface area (Å²) < 4.78 is 0. The van der Waals surface area contributed by atoms with Crippen LogP contribution in [-0.4, -0.2) is 0 Å². The summed E-state index contributed by atoms with van der Waals surface area (Å²) in [6.07, 6.45) is 14.7. The lowest BCUT2D eigenvalue weighted by Crippen LogP contribution is -2.15. The SMILES string of the molecule is CC1=CC=C(C2=C(C#CC3=CC4CC4(C)C=CC3)/C(c3ccc(C)cc3)=C(C#Cc3ccc(C)cc3)\C(c3ccc(C)cc3)=C(C#Cc3ccc(C)cc3)/C(c3ccc(C)cc3)=C\2C#Cc2ccc(C)cc2)C(C)C1. The van der Waals surface area contributed by atoms with Crippen LogP contribution in [0.4, 0.5) is 0 Å². The van der Waals surface area contributed by atoms with E-state index in [-0.39, 0.29) is 11.3 Å². The molecule has 0 nitrogen and oxygen atoms in total. The molecule has 6 aromatic rings. The fraction of sp³-hybridized carbons (Fsp3) is 0.200. The van der Waals surface area contributed by atoms with E-state index < -0.39 is 0 Å². The fourth-order valence-corrected chi connectivity index (χ4v) is 10.4. The van der Waals surface area contributed by atoms with Gasteiger partial charge in [0, 0.05) is 66.8 Å². The molecule has 6 aromatic carbocycles. The maximum atomic E-state index is 4.07. The number of aryl methyl sites for hydroxylation is 6. The van der Waals surface area contributed by atoms with Crippen LogP contribution >= 0.6 is 0 Å². The van der Waals surface area contributed by atoms with Gasteiger partial charge in [-0.1, -0.05) is 240 Å². The van der Waals surface area contributed by atoms with Crippen LogP contribution in [0, 0.1) is 106 Å². The zero-order chi connectivity index (χ0) is 52.2. The number of rotatable bonds is 4. The summed E-state index contributed by atoms with van der Waals surface area (Å²) in [7, 11) is 0. The van der Waals surface area contributed by atoms with E-state index in [1.165, 1.54) is 44.5 Å². The summed E-state index contributed by atoms with van der Waals surface area (Å²) in [5, 5.41) is 0. The minimum Gasteiger partial charge on any atom is -0.0829 e. The Balaban J connectivity index is 1.50. The highest BCUT2D eigenvalue weighted by Gasteiger charge is 2.47. The third-order valence-electron chi connectivity index (χ3n) is 15.1. The molecule has 10 rings (SSSR count). The second-order valence-electron chi connectivity index (χ2n) is 21.6. The van der Waals surface area contributed by atoms with Crippen LogP contribution in [0.15, 0.2) is 221 Å². The summed E-state index contributed by atoms with van der Waals surface area (Å²) >= 11 is 0. The lowest BCUT2D eigenvalue weighted by molar-refractivity contribution is 0.671. The van der Waals surface area contributed by atoms with Crippen molar-refractivity contribution in [3.8, 4) is 47.4 Å². The van der Waals surface area contributed by atoms with Crippen LogP contribution in [0.5, 0.6) is 0 Å². The van der Waals surface area contributed by atoms with Gasteiger partial charge in [-0.25, -0.2) is 0 Å². The predicted octanol–water partition coefficient (Wildman–Crippen LogP) is 17.5. The van der Waals surface area contributed by atoms with E-state index in [0.29, 0.717) is 5.92 Å². The Morgan fingerprint density at radius 3 is 1.13 bits per heavy atom. The van der Waals surface area contributed by atoms with Crippen LogP contribution in [0.1, 0.15) is 107 Å². The Kier molecular flexibility index (Phi) is 14.4. The molecule has 0 radical (unpaired) electrons. The number of hydrogen-bond acceptors (Lipinski definition) is 0. The number of fused-ring (bicyclic) bond motifs is 1. The van der Waals surface area contributed by atoms with Crippen LogP contribution < -0.4 is 0 Å². The monoisotopic (exact) mass is 965 g/mol. The molecular weight excluding hydrogens is 901 g/mol. The molecule has 75 heavy (non-hydrogen) atoms. The van der Waals surface area contributed by atoms with Gasteiger partial charge < -0.3 is 0 Å². The molecule has 0 N–H and O–H groups in total. The smallest absolute Gasteiger partial charge is 0.0431 e. The van der Waals surface area contributed by atoms with Crippen molar-refractivity contribution in [2.45, 2.75) is 81.6 Å². The molecule has 364 valence electrons. The Morgan fingerprint density at radius 2 is 0.747 bits per heavy atom. The third kappa shape index (κ3) is 11.3. The lowest BCUT2D eigenvalue weighted by Gasteiger charge is -2.30. The summed E-state index contributed by atoms with van der Waals surface area (Å²) in [5.74, 6) is 31.8. The van der Waals surface area contributed by atoms with E-state index in [9.17, 15) is 0 Å². The average molecular weight is 965 g/mol. The topological polar surface area (TPSA) is 0 Å². The number of allylic oxidation sites excluding steroid dienone is 16. The maximum Gasteiger partial charge on any atom is 0.0431 e. The zero-order valence-electron chi connectivity index (χ0n) is 45.0. The molecule has 0 aliphatic heterocycles. The van der Waals surface area contributed by atoms with Gasteiger partial charge >= 0.3 is 0 Å². The van der Waals surface area contributed by atoms with Crippen molar-refractivity contribution in [1.82, 2.24) is 0 Å². The second-order valence-corrected chi connectivity index (χ2v) is 21.6. The number of benzene rings is 6. The Bertz CT molecular complexity index is 3760. The van der Waals surface area contributed by atoms with E-state index in [2.05, 4.69) is 286 Å². The van der Waals surface area contributed by atoms with Crippen LogP contribution in [0.25, 0.3) is 16.7 Å². The molecule has 4 aliphatic carbocycles. The van der Waals surface area contributed by atoms with Crippen molar-refractivity contribution in [2.75, 3.05) is 0 Å². The normalized spacial score (nSPS) is 22.8.